The summed E-state index contributed by atoms with van der Waals surface area (Å²) in [6.45, 7) is 1.62. The number of rotatable bonds is 4. The monoisotopic (exact) mass is 236 g/mol. The van der Waals surface area contributed by atoms with E-state index in [2.05, 4.69) is 15.8 Å². The molecule has 6 heteroatoms. The first kappa shape index (κ1) is 11.8. The van der Waals surface area contributed by atoms with Gasteiger partial charge in [-0.2, -0.15) is 0 Å². The van der Waals surface area contributed by atoms with Crippen LogP contribution in [0.15, 0.2) is 24.4 Å². The van der Waals surface area contributed by atoms with Crippen molar-refractivity contribution in [1.29, 1.82) is 0 Å². The average molecular weight is 236 g/mol. The van der Waals surface area contributed by atoms with Crippen molar-refractivity contribution in [3.05, 3.63) is 24.4 Å². The fourth-order valence-corrected chi connectivity index (χ4v) is 1.77. The van der Waals surface area contributed by atoms with Gasteiger partial charge in [0.1, 0.15) is 5.82 Å². The molecule has 92 valence electrons. The van der Waals surface area contributed by atoms with Gasteiger partial charge < -0.3 is 5.11 Å². The van der Waals surface area contributed by atoms with Crippen molar-refractivity contribution in [3.63, 3.8) is 0 Å². The van der Waals surface area contributed by atoms with Gasteiger partial charge in [-0.15, -0.1) is 0 Å². The first-order valence-electron chi connectivity index (χ1n) is 5.60. The Bertz CT molecular complexity index is 371. The molecule has 0 aromatic carbocycles. The van der Waals surface area contributed by atoms with Gasteiger partial charge in [0.05, 0.1) is 12.6 Å². The number of hydrogen-bond acceptors (Lipinski definition) is 5. The van der Waals surface area contributed by atoms with E-state index >= 15 is 0 Å². The van der Waals surface area contributed by atoms with Crippen LogP contribution in [0, 0.1) is 0 Å². The predicted molar refractivity (Wildman–Crippen MR) is 63.1 cm³/mol. The first-order valence-corrected chi connectivity index (χ1v) is 5.60. The molecule has 1 aromatic rings. The Balaban J connectivity index is 1.71. The molecule has 0 radical (unpaired) electrons. The van der Waals surface area contributed by atoms with E-state index in [1.165, 1.54) is 0 Å². The molecular weight excluding hydrogens is 220 g/mol. The van der Waals surface area contributed by atoms with Gasteiger partial charge in [0.2, 0.25) is 0 Å². The minimum Gasteiger partial charge on any atom is -0.392 e. The van der Waals surface area contributed by atoms with Crippen molar-refractivity contribution in [2.75, 3.05) is 25.1 Å². The molecule has 1 unspecified atom stereocenters. The van der Waals surface area contributed by atoms with Gasteiger partial charge in [0.15, 0.2) is 0 Å². The van der Waals surface area contributed by atoms with Crippen LogP contribution in [0.5, 0.6) is 0 Å². The number of aromatic nitrogens is 1. The number of amides is 1. The normalized spacial score (nSPS) is 20.2. The van der Waals surface area contributed by atoms with Crippen LogP contribution in [-0.2, 0) is 4.79 Å². The number of likely N-dealkylation sites (tertiary alicyclic amines) is 1. The molecule has 0 bridgehead atoms. The van der Waals surface area contributed by atoms with Crippen LogP contribution in [-0.4, -0.2) is 46.6 Å². The molecule has 1 atom stereocenters. The lowest BCUT2D eigenvalue weighted by molar-refractivity contribution is -0.121. The van der Waals surface area contributed by atoms with Gasteiger partial charge in [-0.25, -0.2) is 4.98 Å². The fourth-order valence-electron chi connectivity index (χ4n) is 1.77. The molecule has 1 aliphatic rings. The van der Waals surface area contributed by atoms with Crippen LogP contribution in [0.3, 0.4) is 0 Å². The lowest BCUT2D eigenvalue weighted by Gasteiger charge is -2.14. The van der Waals surface area contributed by atoms with Gasteiger partial charge in [-0.05, 0) is 18.6 Å². The highest BCUT2D eigenvalue weighted by atomic mass is 16.3. The number of aliphatic hydroxyl groups excluding tert-OH is 1. The maximum Gasteiger partial charge on any atom is 0.252 e. The van der Waals surface area contributed by atoms with Crippen LogP contribution in [0.1, 0.15) is 6.42 Å². The molecule has 6 nitrogen and oxygen atoms in total. The number of aliphatic hydroxyl groups is 1. The van der Waals surface area contributed by atoms with Crippen LogP contribution in [0.25, 0.3) is 0 Å². The van der Waals surface area contributed by atoms with Gasteiger partial charge >= 0.3 is 0 Å². The third-order valence-electron chi connectivity index (χ3n) is 2.61. The SMILES string of the molecule is O=C(CN1CCC(O)C1)NNc1ccccn1. The number of carbonyl (C=O) groups is 1. The van der Waals surface area contributed by atoms with E-state index in [1.54, 1.807) is 18.3 Å². The van der Waals surface area contributed by atoms with Gasteiger partial charge in [0, 0.05) is 19.3 Å². The zero-order valence-electron chi connectivity index (χ0n) is 9.47. The van der Waals surface area contributed by atoms with E-state index in [4.69, 9.17) is 0 Å². The van der Waals surface area contributed by atoms with Crippen molar-refractivity contribution >= 4 is 11.7 Å². The number of hydrogen-bond donors (Lipinski definition) is 3. The molecule has 1 saturated heterocycles. The highest BCUT2D eigenvalue weighted by Gasteiger charge is 2.21. The molecule has 2 rings (SSSR count). The Morgan fingerprint density at radius 3 is 3.12 bits per heavy atom. The first-order chi connectivity index (χ1) is 8.24. The zero-order chi connectivity index (χ0) is 12.1. The summed E-state index contributed by atoms with van der Waals surface area (Å²) in [6.07, 6.45) is 2.08. The Hall–Kier alpha value is -1.66. The lowest BCUT2D eigenvalue weighted by atomic mass is 10.3. The average Bonchev–Trinajstić information content (AvgIpc) is 2.73. The summed E-state index contributed by atoms with van der Waals surface area (Å²) >= 11 is 0. The maximum absolute atomic E-state index is 11.6. The minimum absolute atomic E-state index is 0.134. The van der Waals surface area contributed by atoms with E-state index in [0.717, 1.165) is 13.0 Å². The maximum atomic E-state index is 11.6. The van der Waals surface area contributed by atoms with Crippen molar-refractivity contribution < 1.29 is 9.90 Å². The topological polar surface area (TPSA) is 77.5 Å². The Labute approximate surface area is 99.6 Å². The van der Waals surface area contributed by atoms with E-state index in [0.29, 0.717) is 12.4 Å². The van der Waals surface area contributed by atoms with Crippen LogP contribution >= 0.6 is 0 Å². The summed E-state index contributed by atoms with van der Waals surface area (Å²) in [5, 5.41) is 9.32. The largest absolute Gasteiger partial charge is 0.392 e. The van der Waals surface area contributed by atoms with Crippen molar-refractivity contribution in [1.82, 2.24) is 15.3 Å². The molecule has 1 aromatic heterocycles. The molecule has 1 fully saturated rings. The van der Waals surface area contributed by atoms with E-state index in [1.807, 2.05) is 11.0 Å². The summed E-state index contributed by atoms with van der Waals surface area (Å²) in [5.74, 6) is 0.465. The second-order valence-corrected chi connectivity index (χ2v) is 4.07. The predicted octanol–water partition coefficient (Wildman–Crippen LogP) is -0.409. The standard InChI is InChI=1S/C11H16N4O2/c16-9-4-6-15(7-9)8-11(17)14-13-10-3-1-2-5-12-10/h1-3,5,9,16H,4,6-8H2,(H,12,13)(H,14,17). The molecule has 0 saturated carbocycles. The number of nitrogens with zero attached hydrogens (tertiary/aromatic N) is 2. The molecular formula is C11H16N4O2. The molecule has 2 heterocycles. The molecule has 0 aliphatic carbocycles. The van der Waals surface area contributed by atoms with Gasteiger partial charge in [0.25, 0.3) is 5.91 Å². The number of nitrogens with one attached hydrogen (secondary N) is 2. The number of anilines is 1. The zero-order valence-corrected chi connectivity index (χ0v) is 9.47. The van der Waals surface area contributed by atoms with E-state index in [9.17, 15) is 9.90 Å². The Kier molecular flexibility index (Phi) is 3.89. The highest BCUT2D eigenvalue weighted by molar-refractivity contribution is 5.79. The van der Waals surface area contributed by atoms with Gasteiger partial charge in [-0.3, -0.25) is 20.5 Å². The van der Waals surface area contributed by atoms with Crippen LogP contribution in [0.4, 0.5) is 5.82 Å². The molecule has 1 amide bonds. The summed E-state index contributed by atoms with van der Waals surface area (Å²) in [5.41, 5.74) is 5.30. The van der Waals surface area contributed by atoms with Crippen molar-refractivity contribution in [2.45, 2.75) is 12.5 Å². The summed E-state index contributed by atoms with van der Waals surface area (Å²) in [6, 6.07) is 5.40. The van der Waals surface area contributed by atoms with E-state index in [-0.39, 0.29) is 18.6 Å². The molecule has 3 N–H and O–H groups in total. The fraction of sp³-hybridized carbons (Fsp3) is 0.455. The Morgan fingerprint density at radius 2 is 2.47 bits per heavy atom. The number of pyridine rings is 1. The molecule has 1 aliphatic heterocycles. The van der Waals surface area contributed by atoms with Crippen LogP contribution in [0.2, 0.25) is 0 Å². The third kappa shape index (κ3) is 3.69. The lowest BCUT2D eigenvalue weighted by Crippen LogP contribution is -2.39. The van der Waals surface area contributed by atoms with Crippen LogP contribution < -0.4 is 10.9 Å². The summed E-state index contributed by atoms with van der Waals surface area (Å²) in [7, 11) is 0. The summed E-state index contributed by atoms with van der Waals surface area (Å²) in [4.78, 5) is 17.5. The minimum atomic E-state index is -0.299. The smallest absolute Gasteiger partial charge is 0.252 e. The van der Waals surface area contributed by atoms with Crippen molar-refractivity contribution in [3.8, 4) is 0 Å². The number of hydrazine groups is 1. The third-order valence-corrected chi connectivity index (χ3v) is 2.61. The Morgan fingerprint density at radius 1 is 1.59 bits per heavy atom. The quantitative estimate of drug-likeness (QED) is 0.620. The number of carbonyl (C=O) groups excluding carboxylic acids is 1. The summed E-state index contributed by atoms with van der Waals surface area (Å²) < 4.78 is 0. The van der Waals surface area contributed by atoms with Crippen molar-refractivity contribution in [2.24, 2.45) is 0 Å². The van der Waals surface area contributed by atoms with Gasteiger partial charge in [-0.1, -0.05) is 6.07 Å². The second kappa shape index (κ2) is 5.60. The second-order valence-electron chi connectivity index (χ2n) is 4.07. The number of β-amino-alcohol motifs (C(OH)–C–C–N with tert-alkyl or cyclic N) is 1. The highest BCUT2D eigenvalue weighted by Crippen LogP contribution is 2.07. The van der Waals surface area contributed by atoms with E-state index < -0.39 is 0 Å². The molecule has 17 heavy (non-hydrogen) atoms. The molecule has 0 spiro atoms.